The maximum absolute atomic E-state index is 12.9. The lowest BCUT2D eigenvalue weighted by Crippen LogP contribution is -2.18. The molecule has 0 spiro atoms. The molecule has 4 rings (SSSR count). The molecule has 1 N–H and O–H groups in total. The van der Waals surface area contributed by atoms with Crippen molar-refractivity contribution in [2.24, 2.45) is 0 Å². The van der Waals surface area contributed by atoms with Crippen molar-refractivity contribution in [3.05, 3.63) is 77.1 Å². The normalized spacial score (nSPS) is 13.3. The highest BCUT2D eigenvalue weighted by molar-refractivity contribution is 7.79. The Balaban J connectivity index is 1.51. The van der Waals surface area contributed by atoms with Crippen LogP contribution < -0.4 is 10.2 Å². The van der Waals surface area contributed by atoms with Crippen molar-refractivity contribution in [2.45, 2.75) is 25.0 Å². The van der Waals surface area contributed by atoms with E-state index in [9.17, 15) is 18.0 Å². The fourth-order valence-electron chi connectivity index (χ4n) is 3.16. The molecule has 0 radical (unpaired) electrons. The Hall–Kier alpha value is -3.14. The van der Waals surface area contributed by atoms with E-state index in [4.69, 9.17) is 0 Å². The summed E-state index contributed by atoms with van der Waals surface area (Å²) in [5.41, 5.74) is 1.96. The number of amides is 1. The Kier molecular flexibility index (Phi) is 5.33. The summed E-state index contributed by atoms with van der Waals surface area (Å²) in [6.07, 6.45) is -1.22. The maximum Gasteiger partial charge on any atom is 0.416 e. The van der Waals surface area contributed by atoms with Crippen LogP contribution in [0.4, 0.5) is 24.5 Å². The average molecular weight is 431 g/mol. The van der Waals surface area contributed by atoms with Gasteiger partial charge in [0.15, 0.2) is 0 Å². The van der Waals surface area contributed by atoms with E-state index >= 15 is 0 Å². The molecular weight excluding hydrogens is 415 g/mol. The largest absolute Gasteiger partial charge is 0.416 e. The van der Waals surface area contributed by atoms with Gasteiger partial charge in [-0.3, -0.25) is 9.78 Å². The van der Waals surface area contributed by atoms with Crippen molar-refractivity contribution in [3.8, 4) is 0 Å². The molecule has 0 fully saturated rings. The highest BCUT2D eigenvalue weighted by Gasteiger charge is 2.30. The number of hydrogen-bond donors (Lipinski definition) is 2. The summed E-state index contributed by atoms with van der Waals surface area (Å²) in [5, 5.41) is 2.47. The number of fused-ring (bicyclic) bond motifs is 1. The summed E-state index contributed by atoms with van der Waals surface area (Å²) in [7, 11) is 0. The van der Waals surface area contributed by atoms with E-state index in [1.54, 1.807) is 18.3 Å². The molecule has 1 aliphatic heterocycles. The van der Waals surface area contributed by atoms with Crippen LogP contribution in [0, 0.1) is 0 Å². The first-order chi connectivity index (χ1) is 14.3. The molecule has 154 valence electrons. The van der Waals surface area contributed by atoms with Gasteiger partial charge < -0.3 is 10.2 Å². The van der Waals surface area contributed by atoms with E-state index in [1.807, 2.05) is 4.90 Å². The lowest BCUT2D eigenvalue weighted by atomic mass is 10.2. The first kappa shape index (κ1) is 20.1. The molecule has 1 aromatic carbocycles. The summed E-state index contributed by atoms with van der Waals surface area (Å²) in [6, 6.07) is 7.83. The SMILES string of the molecule is O=C(Nc1cccc(C(F)(F)F)c1)c1cc(N2Cc3cnc(CS)nc3C2)ccn1. The highest BCUT2D eigenvalue weighted by Crippen LogP contribution is 2.31. The van der Waals surface area contributed by atoms with Crippen LogP contribution in [-0.2, 0) is 25.0 Å². The Bertz CT molecular complexity index is 1110. The van der Waals surface area contributed by atoms with Crippen LogP contribution in [0.5, 0.6) is 0 Å². The van der Waals surface area contributed by atoms with Crippen LogP contribution in [0.1, 0.15) is 33.1 Å². The minimum absolute atomic E-state index is 0.0464. The summed E-state index contributed by atoms with van der Waals surface area (Å²) < 4.78 is 38.6. The molecule has 30 heavy (non-hydrogen) atoms. The lowest BCUT2D eigenvalue weighted by Gasteiger charge is -2.17. The zero-order valence-corrected chi connectivity index (χ0v) is 16.4. The molecule has 0 aliphatic carbocycles. The van der Waals surface area contributed by atoms with E-state index in [0.29, 0.717) is 24.7 Å². The third-order valence-corrected chi connectivity index (χ3v) is 4.92. The summed E-state index contributed by atoms with van der Waals surface area (Å²) >= 11 is 4.19. The Morgan fingerprint density at radius 1 is 1.17 bits per heavy atom. The summed E-state index contributed by atoms with van der Waals surface area (Å²) in [4.78, 5) is 27.3. The molecule has 0 saturated heterocycles. The van der Waals surface area contributed by atoms with Gasteiger partial charge in [0.1, 0.15) is 11.5 Å². The second-order valence-electron chi connectivity index (χ2n) is 6.70. The number of hydrogen-bond acceptors (Lipinski definition) is 6. The molecule has 0 unspecified atom stereocenters. The van der Waals surface area contributed by atoms with Crippen LogP contribution in [0.2, 0.25) is 0 Å². The molecule has 0 atom stereocenters. The fraction of sp³-hybridized carbons (Fsp3) is 0.200. The average Bonchev–Trinajstić information content (AvgIpc) is 3.17. The van der Waals surface area contributed by atoms with Crippen molar-refractivity contribution in [1.82, 2.24) is 15.0 Å². The predicted molar refractivity (Wildman–Crippen MR) is 108 cm³/mol. The van der Waals surface area contributed by atoms with Crippen molar-refractivity contribution >= 4 is 29.9 Å². The van der Waals surface area contributed by atoms with Crippen LogP contribution in [0.15, 0.2) is 48.8 Å². The van der Waals surface area contributed by atoms with Gasteiger partial charge in [0.2, 0.25) is 0 Å². The first-order valence-electron chi connectivity index (χ1n) is 8.97. The standard InChI is InChI=1S/C20H16F3N5OS/c21-20(22,23)13-2-1-3-14(6-13)26-19(29)16-7-15(4-5-24-16)28-9-12-8-25-18(11-30)27-17(12)10-28/h1-8,30H,9-11H2,(H,26,29). The fourth-order valence-corrected chi connectivity index (χ4v) is 3.31. The number of aromatic nitrogens is 3. The van der Waals surface area contributed by atoms with Crippen molar-refractivity contribution in [3.63, 3.8) is 0 Å². The number of halogens is 3. The van der Waals surface area contributed by atoms with Gasteiger partial charge >= 0.3 is 6.18 Å². The lowest BCUT2D eigenvalue weighted by molar-refractivity contribution is -0.137. The number of benzene rings is 1. The third kappa shape index (κ3) is 4.23. The minimum Gasteiger partial charge on any atom is -0.361 e. The van der Waals surface area contributed by atoms with Gasteiger partial charge in [0.25, 0.3) is 5.91 Å². The van der Waals surface area contributed by atoms with Crippen LogP contribution in [0.25, 0.3) is 0 Å². The van der Waals surface area contributed by atoms with E-state index in [1.165, 1.54) is 18.3 Å². The number of carbonyl (C=O) groups is 1. The number of nitrogens with one attached hydrogen (secondary N) is 1. The van der Waals surface area contributed by atoms with Gasteiger partial charge in [-0.1, -0.05) is 6.07 Å². The molecule has 3 aromatic rings. The molecule has 0 bridgehead atoms. The first-order valence-corrected chi connectivity index (χ1v) is 9.61. The highest BCUT2D eigenvalue weighted by atomic mass is 32.1. The zero-order valence-electron chi connectivity index (χ0n) is 15.5. The van der Waals surface area contributed by atoms with E-state index < -0.39 is 17.6 Å². The molecule has 0 saturated carbocycles. The third-order valence-electron chi connectivity index (χ3n) is 4.64. The number of anilines is 2. The van der Waals surface area contributed by atoms with Crippen molar-refractivity contribution < 1.29 is 18.0 Å². The monoisotopic (exact) mass is 431 g/mol. The minimum atomic E-state index is -4.49. The van der Waals surface area contributed by atoms with Gasteiger partial charge in [-0.2, -0.15) is 25.8 Å². The van der Waals surface area contributed by atoms with Gasteiger partial charge in [0.05, 0.1) is 23.6 Å². The van der Waals surface area contributed by atoms with Crippen molar-refractivity contribution in [2.75, 3.05) is 10.2 Å². The van der Waals surface area contributed by atoms with Gasteiger partial charge in [-0.05, 0) is 30.3 Å². The van der Waals surface area contributed by atoms with Crippen LogP contribution >= 0.6 is 12.6 Å². The molecule has 10 heteroatoms. The Morgan fingerprint density at radius 2 is 2.00 bits per heavy atom. The molecule has 1 aliphatic rings. The quantitative estimate of drug-likeness (QED) is 0.609. The number of rotatable bonds is 4. The topological polar surface area (TPSA) is 71.0 Å². The number of carbonyl (C=O) groups excluding carboxylic acids is 1. The maximum atomic E-state index is 12.9. The number of thiol groups is 1. The molecule has 3 heterocycles. The van der Waals surface area contributed by atoms with Gasteiger partial charge in [0, 0.05) is 35.9 Å². The van der Waals surface area contributed by atoms with Crippen LogP contribution in [0.3, 0.4) is 0 Å². The van der Waals surface area contributed by atoms with Gasteiger partial charge in [-0.15, -0.1) is 0 Å². The second kappa shape index (κ2) is 7.94. The molecule has 6 nitrogen and oxygen atoms in total. The smallest absolute Gasteiger partial charge is 0.361 e. The summed E-state index contributed by atoms with van der Waals surface area (Å²) in [6.45, 7) is 1.14. The number of pyridine rings is 1. The Morgan fingerprint density at radius 3 is 2.77 bits per heavy atom. The van der Waals surface area contributed by atoms with E-state index in [0.717, 1.165) is 29.1 Å². The van der Waals surface area contributed by atoms with E-state index in [2.05, 4.69) is 32.9 Å². The zero-order chi connectivity index (χ0) is 21.3. The molecular formula is C20H16F3N5OS. The van der Waals surface area contributed by atoms with E-state index in [-0.39, 0.29) is 11.4 Å². The predicted octanol–water partition coefficient (Wildman–Crippen LogP) is 4.09. The Labute approximate surface area is 175 Å². The molecule has 2 aromatic heterocycles. The number of nitrogens with zero attached hydrogens (tertiary/aromatic N) is 4. The molecule has 1 amide bonds. The van der Waals surface area contributed by atoms with Crippen LogP contribution in [-0.4, -0.2) is 20.9 Å². The van der Waals surface area contributed by atoms with Crippen molar-refractivity contribution in [1.29, 1.82) is 0 Å². The van der Waals surface area contributed by atoms with Gasteiger partial charge in [-0.25, -0.2) is 9.97 Å². The second-order valence-corrected chi connectivity index (χ2v) is 7.02. The number of alkyl halides is 3. The summed E-state index contributed by atoms with van der Waals surface area (Å²) in [5.74, 6) is 0.502.